The molecule has 0 aliphatic rings. The molecule has 0 N–H and O–H groups in total. The largest absolute Gasteiger partial charge is 0.546 e. The first-order valence-electron chi connectivity index (χ1n) is 4.44. The SMILES string of the molecule is Cc1cc(OCC(=O)[O-])ccc1S(C)(=O)=O. The summed E-state index contributed by atoms with van der Waals surface area (Å²) >= 11 is 0. The number of carbonyl (C=O) groups is 1. The Hall–Kier alpha value is -1.56. The van der Waals surface area contributed by atoms with E-state index in [0.29, 0.717) is 11.3 Å². The number of hydrogen-bond donors (Lipinski definition) is 0. The molecule has 1 aromatic rings. The summed E-state index contributed by atoms with van der Waals surface area (Å²) in [7, 11) is -3.27. The van der Waals surface area contributed by atoms with E-state index in [1.54, 1.807) is 6.92 Å². The van der Waals surface area contributed by atoms with Gasteiger partial charge in [0.25, 0.3) is 0 Å². The van der Waals surface area contributed by atoms with E-state index in [1.165, 1.54) is 18.2 Å². The third-order valence-electron chi connectivity index (χ3n) is 1.90. The number of carboxylic acids is 1. The second-order valence-corrected chi connectivity index (χ2v) is 5.34. The first kappa shape index (κ1) is 12.5. The van der Waals surface area contributed by atoms with E-state index in [-0.39, 0.29) is 4.90 Å². The molecule has 0 atom stereocenters. The van der Waals surface area contributed by atoms with E-state index in [0.717, 1.165) is 6.26 Å². The van der Waals surface area contributed by atoms with Gasteiger partial charge in [0.1, 0.15) is 12.4 Å². The highest BCUT2D eigenvalue weighted by Crippen LogP contribution is 2.20. The normalized spacial score (nSPS) is 11.1. The maximum Gasteiger partial charge on any atom is 0.175 e. The van der Waals surface area contributed by atoms with Crippen LogP contribution in [0.15, 0.2) is 23.1 Å². The minimum Gasteiger partial charge on any atom is -0.546 e. The minimum absolute atomic E-state index is 0.202. The Balaban J connectivity index is 2.96. The van der Waals surface area contributed by atoms with Gasteiger partial charge in [0.2, 0.25) is 0 Å². The lowest BCUT2D eigenvalue weighted by atomic mass is 10.2. The highest BCUT2D eigenvalue weighted by atomic mass is 32.2. The molecule has 16 heavy (non-hydrogen) atoms. The van der Waals surface area contributed by atoms with Gasteiger partial charge in [-0.05, 0) is 30.7 Å². The Labute approximate surface area is 93.6 Å². The van der Waals surface area contributed by atoms with Crippen LogP contribution in [-0.4, -0.2) is 27.2 Å². The van der Waals surface area contributed by atoms with E-state index < -0.39 is 22.4 Å². The summed E-state index contributed by atoms with van der Waals surface area (Å²) < 4.78 is 27.4. The first-order valence-corrected chi connectivity index (χ1v) is 6.33. The third kappa shape index (κ3) is 3.23. The lowest BCUT2D eigenvalue weighted by Crippen LogP contribution is -2.28. The van der Waals surface area contributed by atoms with Gasteiger partial charge in [-0.15, -0.1) is 0 Å². The van der Waals surface area contributed by atoms with Crippen molar-refractivity contribution in [3.63, 3.8) is 0 Å². The smallest absolute Gasteiger partial charge is 0.175 e. The lowest BCUT2D eigenvalue weighted by Gasteiger charge is -2.09. The third-order valence-corrected chi connectivity index (χ3v) is 3.16. The van der Waals surface area contributed by atoms with E-state index in [9.17, 15) is 18.3 Å². The highest BCUT2D eigenvalue weighted by molar-refractivity contribution is 7.90. The number of benzene rings is 1. The average Bonchev–Trinajstić information content (AvgIpc) is 2.12. The zero-order valence-corrected chi connectivity index (χ0v) is 9.71. The number of ether oxygens (including phenoxy) is 1. The number of carbonyl (C=O) groups excluding carboxylic acids is 1. The molecule has 0 saturated carbocycles. The number of aliphatic carboxylic acids is 1. The van der Waals surface area contributed by atoms with Crippen LogP contribution in [0.1, 0.15) is 5.56 Å². The molecule has 0 unspecified atom stereocenters. The standard InChI is InChI=1S/C10H12O5S/c1-7-5-8(15-6-10(11)12)3-4-9(7)16(2,13)14/h3-5H,6H2,1-2H3,(H,11,12)/p-1. The summed E-state index contributed by atoms with van der Waals surface area (Å²) in [6, 6.07) is 4.26. The summed E-state index contributed by atoms with van der Waals surface area (Å²) in [5, 5.41) is 10.2. The molecule has 1 aromatic carbocycles. The summed E-state index contributed by atoms with van der Waals surface area (Å²) in [4.78, 5) is 10.4. The van der Waals surface area contributed by atoms with Gasteiger partial charge >= 0.3 is 0 Å². The van der Waals surface area contributed by atoms with Crippen LogP contribution in [0.4, 0.5) is 0 Å². The van der Waals surface area contributed by atoms with Crippen molar-refractivity contribution in [1.29, 1.82) is 0 Å². The van der Waals surface area contributed by atoms with Gasteiger partial charge in [-0.2, -0.15) is 0 Å². The van der Waals surface area contributed by atoms with Crippen molar-refractivity contribution in [2.45, 2.75) is 11.8 Å². The van der Waals surface area contributed by atoms with Crippen molar-refractivity contribution in [1.82, 2.24) is 0 Å². The molecule has 1 rings (SSSR count). The van der Waals surface area contributed by atoms with Crippen molar-refractivity contribution in [2.75, 3.05) is 12.9 Å². The van der Waals surface area contributed by atoms with E-state index in [4.69, 9.17) is 4.74 Å². The van der Waals surface area contributed by atoms with Gasteiger partial charge in [-0.3, -0.25) is 0 Å². The zero-order valence-electron chi connectivity index (χ0n) is 8.89. The molecule has 0 saturated heterocycles. The van der Waals surface area contributed by atoms with Crippen LogP contribution in [-0.2, 0) is 14.6 Å². The molecule has 0 bridgehead atoms. The number of carboxylic acid groups (broad SMARTS) is 1. The number of rotatable bonds is 4. The van der Waals surface area contributed by atoms with E-state index in [1.807, 2.05) is 0 Å². The van der Waals surface area contributed by atoms with Crippen LogP contribution >= 0.6 is 0 Å². The molecular formula is C10H11O5S-. The fraction of sp³-hybridized carbons (Fsp3) is 0.300. The molecular weight excluding hydrogens is 232 g/mol. The number of aryl methyl sites for hydroxylation is 1. The highest BCUT2D eigenvalue weighted by Gasteiger charge is 2.10. The van der Waals surface area contributed by atoms with Crippen molar-refractivity contribution in [3.05, 3.63) is 23.8 Å². The topological polar surface area (TPSA) is 83.5 Å². The number of hydrogen-bond acceptors (Lipinski definition) is 5. The Morgan fingerprint density at radius 3 is 2.50 bits per heavy atom. The quantitative estimate of drug-likeness (QED) is 0.713. The second-order valence-electron chi connectivity index (χ2n) is 3.36. The molecule has 0 spiro atoms. The van der Waals surface area contributed by atoms with Crippen molar-refractivity contribution in [3.8, 4) is 5.75 Å². The Bertz CT molecular complexity index is 504. The predicted octanol–water partition coefficient (Wildman–Crippen LogP) is -0.473. The maximum absolute atomic E-state index is 11.3. The van der Waals surface area contributed by atoms with Crippen molar-refractivity contribution < 1.29 is 23.1 Å². The van der Waals surface area contributed by atoms with Crippen LogP contribution in [0.2, 0.25) is 0 Å². The molecule has 0 aliphatic heterocycles. The molecule has 88 valence electrons. The van der Waals surface area contributed by atoms with Crippen LogP contribution in [0.5, 0.6) is 5.75 Å². The predicted molar refractivity (Wildman–Crippen MR) is 54.8 cm³/mol. The van der Waals surface area contributed by atoms with Gasteiger partial charge in [-0.25, -0.2) is 8.42 Å². The molecule has 0 amide bonds. The average molecular weight is 243 g/mol. The summed E-state index contributed by atoms with van der Waals surface area (Å²) in [5.74, 6) is -1.03. The second kappa shape index (κ2) is 4.52. The number of sulfone groups is 1. The van der Waals surface area contributed by atoms with Crippen LogP contribution < -0.4 is 9.84 Å². The molecule has 0 heterocycles. The molecule has 5 nitrogen and oxygen atoms in total. The summed E-state index contributed by atoms with van der Waals surface area (Å²) in [5.41, 5.74) is 0.512. The van der Waals surface area contributed by atoms with Gasteiger partial charge in [0.05, 0.1) is 10.9 Å². The Morgan fingerprint density at radius 1 is 1.44 bits per heavy atom. The minimum atomic E-state index is -3.27. The summed E-state index contributed by atoms with van der Waals surface area (Å²) in [6.07, 6.45) is 1.11. The van der Waals surface area contributed by atoms with Crippen LogP contribution in [0.3, 0.4) is 0 Å². The summed E-state index contributed by atoms with van der Waals surface area (Å²) in [6.45, 7) is 1.06. The fourth-order valence-corrected chi connectivity index (χ4v) is 2.23. The Kier molecular flexibility index (Phi) is 3.54. The monoisotopic (exact) mass is 243 g/mol. The Morgan fingerprint density at radius 2 is 2.06 bits per heavy atom. The van der Waals surface area contributed by atoms with Gasteiger partial charge in [-0.1, -0.05) is 0 Å². The van der Waals surface area contributed by atoms with Gasteiger partial charge < -0.3 is 14.6 Å². The molecule has 6 heteroatoms. The lowest BCUT2D eigenvalue weighted by molar-refractivity contribution is -0.307. The maximum atomic E-state index is 11.3. The van der Waals surface area contributed by atoms with E-state index >= 15 is 0 Å². The first-order chi connectivity index (χ1) is 7.30. The molecule has 0 radical (unpaired) electrons. The van der Waals surface area contributed by atoms with Gasteiger partial charge in [0.15, 0.2) is 9.84 Å². The molecule has 0 aliphatic carbocycles. The van der Waals surface area contributed by atoms with Gasteiger partial charge in [0, 0.05) is 6.26 Å². The zero-order chi connectivity index (χ0) is 12.3. The van der Waals surface area contributed by atoms with E-state index in [2.05, 4.69) is 0 Å². The van der Waals surface area contributed by atoms with Crippen LogP contribution in [0.25, 0.3) is 0 Å². The fourth-order valence-electron chi connectivity index (χ4n) is 1.27. The van der Waals surface area contributed by atoms with Crippen molar-refractivity contribution >= 4 is 15.8 Å². The molecule has 0 fully saturated rings. The molecule has 0 aromatic heterocycles. The van der Waals surface area contributed by atoms with Crippen LogP contribution in [0, 0.1) is 6.92 Å². The van der Waals surface area contributed by atoms with Crippen molar-refractivity contribution in [2.24, 2.45) is 0 Å².